The number of rotatable bonds is 7. The summed E-state index contributed by atoms with van der Waals surface area (Å²) in [6.07, 6.45) is 0.704. The van der Waals surface area contributed by atoms with Crippen LogP contribution in [0.15, 0.2) is 53.4 Å². The number of sulfonamides is 1. The van der Waals surface area contributed by atoms with E-state index >= 15 is 0 Å². The normalized spacial score (nSPS) is 16.9. The fourth-order valence-corrected chi connectivity index (χ4v) is 4.92. The topological polar surface area (TPSA) is 95.6 Å². The van der Waals surface area contributed by atoms with Crippen molar-refractivity contribution in [1.29, 1.82) is 0 Å². The maximum absolute atomic E-state index is 13.0. The first-order valence-electron chi connectivity index (χ1n) is 10.4. The lowest BCUT2D eigenvalue weighted by Crippen LogP contribution is -2.40. The van der Waals surface area contributed by atoms with Gasteiger partial charge < -0.3 is 10.2 Å². The van der Waals surface area contributed by atoms with Crippen molar-refractivity contribution in [3.63, 3.8) is 0 Å². The van der Waals surface area contributed by atoms with Crippen LogP contribution >= 0.6 is 0 Å². The highest BCUT2D eigenvalue weighted by molar-refractivity contribution is 7.89. The van der Waals surface area contributed by atoms with Gasteiger partial charge in [0.1, 0.15) is 5.82 Å². The van der Waals surface area contributed by atoms with Gasteiger partial charge in [-0.2, -0.15) is 0 Å². The van der Waals surface area contributed by atoms with E-state index in [4.69, 9.17) is 0 Å². The maximum atomic E-state index is 13.0. The molecule has 0 saturated carbocycles. The van der Waals surface area contributed by atoms with E-state index in [9.17, 15) is 22.4 Å². The summed E-state index contributed by atoms with van der Waals surface area (Å²) in [5.41, 5.74) is 0.772. The van der Waals surface area contributed by atoms with Gasteiger partial charge in [-0.05, 0) is 69.2 Å². The highest BCUT2D eigenvalue weighted by Crippen LogP contribution is 2.22. The molecule has 0 bridgehead atoms. The Morgan fingerprint density at radius 1 is 1.09 bits per heavy atom. The predicted molar refractivity (Wildman–Crippen MR) is 120 cm³/mol. The Hall–Kier alpha value is -2.78. The van der Waals surface area contributed by atoms with Crippen LogP contribution in [0, 0.1) is 11.7 Å². The summed E-state index contributed by atoms with van der Waals surface area (Å²) in [5.74, 6) is -1.17. The zero-order valence-corrected chi connectivity index (χ0v) is 19.2. The maximum Gasteiger partial charge on any atom is 0.241 e. The Kier molecular flexibility index (Phi) is 7.00. The number of anilines is 1. The number of carbonyl (C=O) groups excluding carboxylic acids is 2. The molecule has 0 aliphatic carbocycles. The third-order valence-electron chi connectivity index (χ3n) is 5.04. The first-order chi connectivity index (χ1) is 14.9. The molecule has 0 spiro atoms. The molecule has 1 fully saturated rings. The minimum absolute atomic E-state index is 0.0954. The number of likely N-dealkylation sites (tertiary alicyclic amines) is 1. The SMILES string of the molecule is CC(C)(C)NS(=O)(=O)c1ccc(NC(=O)[C@H]2CC(=O)N(CCc3ccc(F)cc3)C2)cc1. The largest absolute Gasteiger partial charge is 0.342 e. The van der Waals surface area contributed by atoms with Crippen LogP contribution in [0.1, 0.15) is 32.8 Å². The molecule has 2 aromatic rings. The van der Waals surface area contributed by atoms with Gasteiger partial charge >= 0.3 is 0 Å². The summed E-state index contributed by atoms with van der Waals surface area (Å²) in [7, 11) is -3.66. The predicted octanol–water partition coefficient (Wildman–Crippen LogP) is 2.93. The van der Waals surface area contributed by atoms with E-state index in [0.29, 0.717) is 25.2 Å². The Labute approximate surface area is 188 Å². The second-order valence-corrected chi connectivity index (χ2v) is 10.7. The second kappa shape index (κ2) is 9.38. The van der Waals surface area contributed by atoms with Crippen molar-refractivity contribution in [3.05, 3.63) is 59.9 Å². The van der Waals surface area contributed by atoms with Gasteiger partial charge in [0.25, 0.3) is 0 Å². The summed E-state index contributed by atoms with van der Waals surface area (Å²) >= 11 is 0. The van der Waals surface area contributed by atoms with Crippen molar-refractivity contribution in [2.45, 2.75) is 44.0 Å². The molecule has 3 rings (SSSR count). The number of nitrogens with zero attached hydrogens (tertiary/aromatic N) is 1. The molecule has 2 N–H and O–H groups in total. The third-order valence-corrected chi connectivity index (χ3v) is 6.82. The van der Waals surface area contributed by atoms with Crippen molar-refractivity contribution in [2.75, 3.05) is 18.4 Å². The van der Waals surface area contributed by atoms with Gasteiger partial charge in [0.05, 0.1) is 10.8 Å². The Morgan fingerprint density at radius 3 is 2.31 bits per heavy atom. The molecular formula is C23H28FN3O4S. The lowest BCUT2D eigenvalue weighted by Gasteiger charge is -2.20. The van der Waals surface area contributed by atoms with Crippen LogP contribution in [0.25, 0.3) is 0 Å². The summed E-state index contributed by atoms with van der Waals surface area (Å²) in [4.78, 5) is 26.7. The number of halogens is 1. The van der Waals surface area contributed by atoms with E-state index in [0.717, 1.165) is 5.56 Å². The molecule has 0 unspecified atom stereocenters. The summed E-state index contributed by atoms with van der Waals surface area (Å²) in [6.45, 7) is 6.04. The fourth-order valence-electron chi connectivity index (χ4n) is 3.50. The van der Waals surface area contributed by atoms with Crippen LogP contribution in [0.3, 0.4) is 0 Å². The molecule has 32 heavy (non-hydrogen) atoms. The number of carbonyl (C=O) groups is 2. The quantitative estimate of drug-likeness (QED) is 0.663. The average Bonchev–Trinajstić information content (AvgIpc) is 3.07. The van der Waals surface area contributed by atoms with Gasteiger partial charge in [0.15, 0.2) is 0 Å². The number of hydrogen-bond acceptors (Lipinski definition) is 4. The van der Waals surface area contributed by atoms with Crippen LogP contribution in [-0.4, -0.2) is 43.8 Å². The monoisotopic (exact) mass is 461 g/mol. The highest BCUT2D eigenvalue weighted by atomic mass is 32.2. The number of amides is 2. The molecule has 1 aliphatic rings. The molecule has 0 aromatic heterocycles. The Balaban J connectivity index is 1.55. The van der Waals surface area contributed by atoms with Crippen molar-refractivity contribution in [1.82, 2.24) is 9.62 Å². The summed E-state index contributed by atoms with van der Waals surface area (Å²) in [6, 6.07) is 12.0. The van der Waals surface area contributed by atoms with Gasteiger partial charge in [-0.15, -0.1) is 0 Å². The molecule has 1 saturated heterocycles. The minimum Gasteiger partial charge on any atom is -0.342 e. The summed E-state index contributed by atoms with van der Waals surface area (Å²) in [5, 5.41) is 2.76. The molecule has 9 heteroatoms. The zero-order valence-electron chi connectivity index (χ0n) is 18.4. The minimum atomic E-state index is -3.66. The number of hydrogen-bond donors (Lipinski definition) is 2. The van der Waals surface area contributed by atoms with Crippen LogP contribution in [0.4, 0.5) is 10.1 Å². The molecule has 172 valence electrons. The van der Waals surface area contributed by atoms with Crippen LogP contribution in [-0.2, 0) is 26.0 Å². The second-order valence-electron chi connectivity index (χ2n) is 8.99. The van der Waals surface area contributed by atoms with Crippen LogP contribution in [0.2, 0.25) is 0 Å². The number of nitrogens with one attached hydrogen (secondary N) is 2. The van der Waals surface area contributed by atoms with Gasteiger partial charge in [-0.3, -0.25) is 9.59 Å². The van der Waals surface area contributed by atoms with E-state index in [2.05, 4.69) is 10.0 Å². The molecule has 2 aromatic carbocycles. The fraction of sp³-hybridized carbons (Fsp3) is 0.391. The van der Waals surface area contributed by atoms with Crippen molar-refractivity contribution < 1.29 is 22.4 Å². The number of benzene rings is 2. The molecular weight excluding hydrogens is 433 g/mol. The smallest absolute Gasteiger partial charge is 0.241 e. The van der Waals surface area contributed by atoms with Gasteiger partial charge in [-0.25, -0.2) is 17.5 Å². The first kappa shape index (κ1) is 23.9. The molecule has 0 radical (unpaired) electrons. The standard InChI is InChI=1S/C23H28FN3O4S/c1-23(2,3)26-32(30,31)20-10-8-19(9-11-20)25-22(29)17-14-21(28)27(15-17)13-12-16-4-6-18(24)7-5-16/h4-11,17,26H,12-15H2,1-3H3,(H,25,29)/t17-/m0/s1. The Morgan fingerprint density at radius 2 is 1.72 bits per heavy atom. The van der Waals surface area contributed by atoms with Crippen molar-refractivity contribution >= 4 is 27.5 Å². The van der Waals surface area contributed by atoms with Crippen LogP contribution in [0.5, 0.6) is 0 Å². The average molecular weight is 462 g/mol. The zero-order chi connectivity index (χ0) is 23.5. The van der Waals surface area contributed by atoms with E-state index in [1.54, 1.807) is 37.8 Å². The first-order valence-corrected chi connectivity index (χ1v) is 11.9. The van der Waals surface area contributed by atoms with E-state index in [1.165, 1.54) is 36.4 Å². The molecule has 1 atom stereocenters. The third kappa shape index (κ3) is 6.37. The van der Waals surface area contributed by atoms with E-state index < -0.39 is 21.5 Å². The lowest BCUT2D eigenvalue weighted by atomic mass is 10.1. The van der Waals surface area contributed by atoms with Gasteiger partial charge in [0, 0.05) is 30.7 Å². The van der Waals surface area contributed by atoms with Gasteiger partial charge in [0.2, 0.25) is 21.8 Å². The lowest BCUT2D eigenvalue weighted by molar-refractivity contribution is -0.128. The highest BCUT2D eigenvalue weighted by Gasteiger charge is 2.34. The van der Waals surface area contributed by atoms with Crippen LogP contribution < -0.4 is 10.0 Å². The van der Waals surface area contributed by atoms with Crippen molar-refractivity contribution in [3.8, 4) is 0 Å². The molecule has 1 aliphatic heterocycles. The summed E-state index contributed by atoms with van der Waals surface area (Å²) < 4.78 is 40.4. The molecule has 2 amide bonds. The van der Waals surface area contributed by atoms with Crippen molar-refractivity contribution in [2.24, 2.45) is 5.92 Å². The van der Waals surface area contributed by atoms with Gasteiger partial charge in [-0.1, -0.05) is 12.1 Å². The van der Waals surface area contributed by atoms with E-state index in [1.807, 2.05) is 0 Å². The Bertz CT molecular complexity index is 1080. The molecule has 7 nitrogen and oxygen atoms in total. The molecule has 1 heterocycles. The van der Waals surface area contributed by atoms with E-state index in [-0.39, 0.29) is 28.9 Å².